The highest BCUT2D eigenvalue weighted by Crippen LogP contribution is 2.29. The summed E-state index contributed by atoms with van der Waals surface area (Å²) in [6, 6.07) is 30.5. The van der Waals surface area contributed by atoms with Crippen LogP contribution in [0.4, 0.5) is 11.4 Å². The predicted molar refractivity (Wildman–Crippen MR) is 176 cm³/mol. The van der Waals surface area contributed by atoms with Crippen molar-refractivity contribution in [2.45, 2.75) is 23.5 Å². The van der Waals surface area contributed by atoms with E-state index in [0.717, 1.165) is 14.2 Å². The van der Waals surface area contributed by atoms with Gasteiger partial charge in [0, 0.05) is 30.4 Å². The second kappa shape index (κ2) is 14.9. The molecule has 6 nitrogen and oxygen atoms in total. The Labute approximate surface area is 262 Å². The van der Waals surface area contributed by atoms with Crippen LogP contribution in [0.3, 0.4) is 0 Å². The first kappa shape index (κ1) is 30.4. The third-order valence-corrected chi connectivity index (χ3v) is 8.18. The molecule has 0 aliphatic carbocycles. The molecule has 0 saturated carbocycles. The molecular weight excluding hydrogens is 669 g/mol. The molecule has 0 aliphatic rings. The molecule has 4 rings (SSSR count). The summed E-state index contributed by atoms with van der Waals surface area (Å²) < 4.78 is 1.09. The Bertz CT molecular complexity index is 1540. The molecular formula is C32H27ClIN3O3S. The van der Waals surface area contributed by atoms with Crippen LogP contribution in [0, 0.1) is 3.57 Å². The standard InChI is InChI=1S/C32H27ClIN3O3S/c1-2-29(32(40)35-25-17-15-24(34)16-18-25)41-27-10-6-9-26(20-27)36-31(39)28(19-21-11-13-23(33)14-12-21)37-30(38)22-7-4-3-5-8-22/h3-20,29H,2H2,1H3,(H,35,40)(H,36,39)(H,37,38)/b28-19-. The van der Waals surface area contributed by atoms with Gasteiger partial charge in [-0.2, -0.15) is 0 Å². The van der Waals surface area contributed by atoms with Gasteiger partial charge < -0.3 is 16.0 Å². The summed E-state index contributed by atoms with van der Waals surface area (Å²) >= 11 is 9.65. The molecule has 0 saturated heterocycles. The van der Waals surface area contributed by atoms with Crippen LogP contribution in [-0.2, 0) is 9.59 Å². The van der Waals surface area contributed by atoms with E-state index in [9.17, 15) is 14.4 Å². The number of hydrogen-bond acceptors (Lipinski definition) is 4. The highest BCUT2D eigenvalue weighted by molar-refractivity contribution is 14.1. The van der Waals surface area contributed by atoms with E-state index in [-0.39, 0.29) is 16.9 Å². The van der Waals surface area contributed by atoms with Crippen molar-refractivity contribution in [3.8, 4) is 0 Å². The van der Waals surface area contributed by atoms with E-state index in [4.69, 9.17) is 11.6 Å². The van der Waals surface area contributed by atoms with Crippen LogP contribution in [0.1, 0.15) is 29.3 Å². The SMILES string of the molecule is CCC(Sc1cccc(NC(=O)/C(=C/c2ccc(Cl)cc2)NC(=O)c2ccccc2)c1)C(=O)Nc1ccc(I)cc1. The van der Waals surface area contributed by atoms with E-state index in [1.165, 1.54) is 11.8 Å². The third-order valence-electron chi connectivity index (χ3n) is 5.86. The van der Waals surface area contributed by atoms with Crippen LogP contribution in [0.2, 0.25) is 5.02 Å². The van der Waals surface area contributed by atoms with Crippen LogP contribution in [0.25, 0.3) is 6.08 Å². The quantitative estimate of drug-likeness (QED) is 0.0896. The number of carbonyl (C=O) groups is 3. The Morgan fingerprint density at radius 1 is 0.854 bits per heavy atom. The number of rotatable bonds is 10. The van der Waals surface area contributed by atoms with Gasteiger partial charge in [-0.1, -0.05) is 54.9 Å². The van der Waals surface area contributed by atoms with Crippen molar-refractivity contribution >= 4 is 81.1 Å². The van der Waals surface area contributed by atoms with Crippen LogP contribution < -0.4 is 16.0 Å². The topological polar surface area (TPSA) is 87.3 Å². The Morgan fingerprint density at radius 3 is 2.24 bits per heavy atom. The first-order valence-corrected chi connectivity index (χ1v) is 15.1. The van der Waals surface area contributed by atoms with Crippen molar-refractivity contribution in [3.63, 3.8) is 0 Å². The summed E-state index contributed by atoms with van der Waals surface area (Å²) in [5.74, 6) is -0.991. The summed E-state index contributed by atoms with van der Waals surface area (Å²) in [5, 5.41) is 8.81. The number of amides is 3. The molecule has 0 spiro atoms. The monoisotopic (exact) mass is 695 g/mol. The van der Waals surface area contributed by atoms with Crippen LogP contribution in [-0.4, -0.2) is 23.0 Å². The van der Waals surface area contributed by atoms with Gasteiger partial charge in [-0.25, -0.2) is 0 Å². The zero-order valence-corrected chi connectivity index (χ0v) is 25.8. The van der Waals surface area contributed by atoms with Gasteiger partial charge in [0.2, 0.25) is 5.91 Å². The molecule has 9 heteroatoms. The summed E-state index contributed by atoms with van der Waals surface area (Å²) in [7, 11) is 0. The zero-order valence-electron chi connectivity index (χ0n) is 22.1. The fraction of sp³-hybridized carbons (Fsp3) is 0.0938. The lowest BCUT2D eigenvalue weighted by atomic mass is 10.1. The van der Waals surface area contributed by atoms with Crippen LogP contribution in [0.15, 0.2) is 114 Å². The van der Waals surface area contributed by atoms with Crippen molar-refractivity contribution in [3.05, 3.63) is 129 Å². The largest absolute Gasteiger partial charge is 0.325 e. The lowest BCUT2D eigenvalue weighted by Crippen LogP contribution is -2.30. The minimum absolute atomic E-state index is 0.0718. The summed E-state index contributed by atoms with van der Waals surface area (Å²) in [5.41, 5.74) is 2.47. The van der Waals surface area contributed by atoms with Crippen LogP contribution >= 0.6 is 46.0 Å². The smallest absolute Gasteiger partial charge is 0.272 e. The second-order valence-electron chi connectivity index (χ2n) is 8.92. The lowest BCUT2D eigenvalue weighted by molar-refractivity contribution is -0.116. The van der Waals surface area contributed by atoms with E-state index in [1.54, 1.807) is 60.7 Å². The van der Waals surface area contributed by atoms with Gasteiger partial charge in [0.05, 0.1) is 5.25 Å². The second-order valence-corrected chi connectivity index (χ2v) is 11.9. The molecule has 1 unspecified atom stereocenters. The number of carbonyl (C=O) groups excluding carboxylic acids is 3. The highest BCUT2D eigenvalue weighted by Gasteiger charge is 2.19. The molecule has 0 bridgehead atoms. The molecule has 3 N–H and O–H groups in total. The molecule has 1 atom stereocenters. The minimum Gasteiger partial charge on any atom is -0.325 e. The van der Waals surface area contributed by atoms with E-state index in [0.29, 0.717) is 28.3 Å². The van der Waals surface area contributed by atoms with Gasteiger partial charge in [0.1, 0.15) is 5.70 Å². The van der Waals surface area contributed by atoms with Crippen molar-refractivity contribution in [1.29, 1.82) is 0 Å². The highest BCUT2D eigenvalue weighted by atomic mass is 127. The predicted octanol–water partition coefficient (Wildman–Crippen LogP) is 7.86. The van der Waals surface area contributed by atoms with Gasteiger partial charge in [-0.15, -0.1) is 11.8 Å². The van der Waals surface area contributed by atoms with Gasteiger partial charge >= 0.3 is 0 Å². The number of hydrogen-bond donors (Lipinski definition) is 3. The van der Waals surface area contributed by atoms with Crippen molar-refractivity contribution in [2.75, 3.05) is 10.6 Å². The summed E-state index contributed by atoms with van der Waals surface area (Å²) in [4.78, 5) is 40.0. The number of benzene rings is 4. The van der Waals surface area contributed by atoms with Gasteiger partial charge in [0.25, 0.3) is 11.8 Å². The maximum absolute atomic E-state index is 13.4. The maximum atomic E-state index is 13.4. The van der Waals surface area contributed by atoms with E-state index < -0.39 is 11.8 Å². The van der Waals surface area contributed by atoms with E-state index >= 15 is 0 Å². The van der Waals surface area contributed by atoms with E-state index in [1.807, 2.05) is 55.5 Å². The summed E-state index contributed by atoms with van der Waals surface area (Å²) in [6.45, 7) is 1.96. The minimum atomic E-state index is -0.491. The first-order valence-electron chi connectivity index (χ1n) is 12.8. The van der Waals surface area contributed by atoms with Crippen LogP contribution in [0.5, 0.6) is 0 Å². The molecule has 0 radical (unpaired) electrons. The molecule has 0 fully saturated rings. The third kappa shape index (κ3) is 9.21. The molecule has 0 aliphatic heterocycles. The molecule has 3 amide bonds. The van der Waals surface area contributed by atoms with E-state index in [2.05, 4.69) is 38.5 Å². The normalized spacial score (nSPS) is 11.8. The van der Waals surface area contributed by atoms with Crippen molar-refractivity contribution in [1.82, 2.24) is 5.32 Å². The Kier molecular flexibility index (Phi) is 11.0. The molecule has 41 heavy (non-hydrogen) atoms. The Hall–Kier alpha value is -3.60. The van der Waals surface area contributed by atoms with Gasteiger partial charge in [-0.3, -0.25) is 14.4 Å². The molecule has 0 aromatic heterocycles. The van der Waals surface area contributed by atoms with Crippen molar-refractivity contribution < 1.29 is 14.4 Å². The average molecular weight is 696 g/mol. The zero-order chi connectivity index (χ0) is 29.2. The number of halogens is 2. The first-order chi connectivity index (χ1) is 19.8. The average Bonchev–Trinajstić information content (AvgIpc) is 2.98. The number of thioether (sulfide) groups is 1. The van der Waals surface area contributed by atoms with Gasteiger partial charge in [-0.05, 0) is 107 Å². The fourth-order valence-corrected chi connectivity index (χ4v) is 5.26. The summed E-state index contributed by atoms with van der Waals surface area (Å²) in [6.07, 6.45) is 2.21. The number of anilines is 2. The fourth-order valence-electron chi connectivity index (χ4n) is 3.76. The molecule has 208 valence electrons. The molecule has 4 aromatic rings. The Morgan fingerprint density at radius 2 is 1.56 bits per heavy atom. The maximum Gasteiger partial charge on any atom is 0.272 e. The lowest BCUT2D eigenvalue weighted by Gasteiger charge is -2.16. The molecule has 4 aromatic carbocycles. The van der Waals surface area contributed by atoms with Gasteiger partial charge in [0.15, 0.2) is 0 Å². The Balaban J connectivity index is 1.49. The van der Waals surface area contributed by atoms with Crippen molar-refractivity contribution in [2.24, 2.45) is 0 Å². The number of nitrogens with one attached hydrogen (secondary N) is 3. The molecule has 0 heterocycles.